The average molecular weight is 402 g/mol. The molecule has 0 radical (unpaired) electrons. The van der Waals surface area contributed by atoms with Crippen LogP contribution in [0.2, 0.25) is 0 Å². The lowest BCUT2D eigenvalue weighted by Crippen LogP contribution is -2.41. The van der Waals surface area contributed by atoms with Gasteiger partial charge in [-0.25, -0.2) is 4.39 Å². The number of hydrogen-bond acceptors (Lipinski definition) is 5. The molecule has 29 heavy (non-hydrogen) atoms. The number of allylic oxidation sites excluding steroid dienone is 2. The molecule has 2 heterocycles. The largest absolute Gasteiger partial charge is 0.458 e. The van der Waals surface area contributed by atoms with Gasteiger partial charge in [0, 0.05) is 19.3 Å². The van der Waals surface area contributed by atoms with Gasteiger partial charge in [0.25, 0.3) is 0 Å². The summed E-state index contributed by atoms with van der Waals surface area (Å²) in [5, 5.41) is 9.87. The smallest absolute Gasteiger partial charge is 0.309 e. The second-order valence-corrected chi connectivity index (χ2v) is 8.73. The van der Waals surface area contributed by atoms with Crippen molar-refractivity contribution in [2.45, 2.75) is 57.5 Å². The molecule has 1 aromatic rings. The highest BCUT2D eigenvalue weighted by molar-refractivity contribution is 5.74. The van der Waals surface area contributed by atoms with Crippen molar-refractivity contribution in [1.29, 1.82) is 0 Å². The van der Waals surface area contributed by atoms with Crippen molar-refractivity contribution in [2.24, 2.45) is 5.41 Å². The van der Waals surface area contributed by atoms with Gasteiger partial charge < -0.3 is 19.3 Å². The summed E-state index contributed by atoms with van der Waals surface area (Å²) >= 11 is 0. The number of carbonyl (C=O) groups is 1. The summed E-state index contributed by atoms with van der Waals surface area (Å²) in [5.41, 5.74) is 2.74. The summed E-state index contributed by atoms with van der Waals surface area (Å²) < 4.78 is 30.9. The van der Waals surface area contributed by atoms with Crippen LogP contribution in [0.25, 0.3) is 5.57 Å². The van der Waals surface area contributed by atoms with Crippen LogP contribution in [0, 0.1) is 11.2 Å². The van der Waals surface area contributed by atoms with Crippen LogP contribution in [0.4, 0.5) is 4.39 Å². The van der Waals surface area contributed by atoms with Gasteiger partial charge >= 0.3 is 5.97 Å². The zero-order chi connectivity index (χ0) is 20.6. The highest BCUT2D eigenvalue weighted by Crippen LogP contribution is 2.51. The molecule has 0 amide bonds. The van der Waals surface area contributed by atoms with Gasteiger partial charge in [0.2, 0.25) is 0 Å². The molecule has 4 rings (SSSR count). The fraction of sp³-hybridized carbons (Fsp3) is 0.522. The number of rotatable bonds is 3. The summed E-state index contributed by atoms with van der Waals surface area (Å²) in [5.74, 6) is -1.34. The van der Waals surface area contributed by atoms with E-state index in [1.165, 1.54) is 12.1 Å². The Morgan fingerprint density at radius 1 is 1.17 bits per heavy atom. The molecule has 2 unspecified atom stereocenters. The molecule has 1 N–H and O–H groups in total. The first-order valence-corrected chi connectivity index (χ1v) is 10.1. The van der Waals surface area contributed by atoms with Crippen molar-refractivity contribution in [3.8, 4) is 0 Å². The van der Waals surface area contributed by atoms with E-state index in [2.05, 4.69) is 13.8 Å². The summed E-state index contributed by atoms with van der Waals surface area (Å²) in [7, 11) is 0. The van der Waals surface area contributed by atoms with Crippen molar-refractivity contribution in [2.75, 3.05) is 13.2 Å². The summed E-state index contributed by atoms with van der Waals surface area (Å²) in [6, 6.07) is 6.45. The number of benzene rings is 1. The minimum atomic E-state index is -0.681. The molecule has 6 heteroatoms. The standard InChI is InChI=1S/C23H27FO5/c1-22(2)14-23(27-9-10-28-23)13-19(15-3-5-16(24)6-4-15)20(22)8-7-18-11-17(25)12-21(26)29-18/h3-8,17-18,25H,9-14H2,1-2H3. The van der Waals surface area contributed by atoms with E-state index < -0.39 is 18.0 Å². The number of esters is 1. The van der Waals surface area contributed by atoms with E-state index in [1.807, 2.05) is 12.2 Å². The molecule has 3 aliphatic rings. The zero-order valence-corrected chi connectivity index (χ0v) is 16.8. The molecule has 2 atom stereocenters. The van der Waals surface area contributed by atoms with Crippen molar-refractivity contribution in [1.82, 2.24) is 0 Å². The maximum atomic E-state index is 13.5. The van der Waals surface area contributed by atoms with E-state index in [0.717, 1.165) is 16.7 Å². The quantitative estimate of drug-likeness (QED) is 0.780. The van der Waals surface area contributed by atoms with Crippen LogP contribution in [-0.4, -0.2) is 42.3 Å². The SMILES string of the molecule is CC1(C)CC2(CC(c3ccc(F)cc3)=C1C=CC1CC(O)CC(=O)O1)OCCO2. The van der Waals surface area contributed by atoms with Crippen LogP contribution in [0.3, 0.4) is 0 Å². The van der Waals surface area contributed by atoms with Crippen LogP contribution >= 0.6 is 0 Å². The lowest BCUT2D eigenvalue weighted by atomic mass is 9.68. The van der Waals surface area contributed by atoms with Gasteiger partial charge in [-0.05, 0) is 40.3 Å². The molecule has 0 bridgehead atoms. The van der Waals surface area contributed by atoms with Crippen molar-refractivity contribution >= 4 is 11.5 Å². The van der Waals surface area contributed by atoms with E-state index in [9.17, 15) is 14.3 Å². The first-order chi connectivity index (χ1) is 13.8. The third-order valence-electron chi connectivity index (χ3n) is 5.88. The van der Waals surface area contributed by atoms with Crippen LogP contribution in [0.5, 0.6) is 0 Å². The lowest BCUT2D eigenvalue weighted by Gasteiger charge is -2.43. The number of aliphatic hydroxyl groups is 1. The molecule has 0 saturated carbocycles. The Kier molecular flexibility index (Phi) is 5.36. The van der Waals surface area contributed by atoms with Crippen molar-refractivity contribution in [3.05, 3.63) is 53.4 Å². The number of halogens is 1. The molecule has 1 spiro atoms. The Morgan fingerprint density at radius 3 is 2.52 bits per heavy atom. The van der Waals surface area contributed by atoms with Crippen LogP contribution in [0.1, 0.15) is 45.1 Å². The molecule has 1 aromatic carbocycles. The lowest BCUT2D eigenvalue weighted by molar-refractivity contribution is -0.174. The molecular formula is C23H27FO5. The maximum absolute atomic E-state index is 13.5. The first kappa shape index (κ1) is 20.3. The molecule has 1 aliphatic carbocycles. The number of cyclic esters (lactones) is 1. The Bertz CT molecular complexity index is 833. The highest BCUT2D eigenvalue weighted by atomic mass is 19.1. The summed E-state index contributed by atoms with van der Waals surface area (Å²) in [4.78, 5) is 11.7. The molecule has 5 nitrogen and oxygen atoms in total. The molecular weight excluding hydrogens is 375 g/mol. The molecule has 2 saturated heterocycles. The number of hydrogen-bond donors (Lipinski definition) is 1. The van der Waals surface area contributed by atoms with Gasteiger partial charge in [0.05, 0.1) is 25.7 Å². The van der Waals surface area contributed by atoms with Crippen LogP contribution in [0.15, 0.2) is 42.0 Å². The molecule has 2 fully saturated rings. The Morgan fingerprint density at radius 2 is 1.86 bits per heavy atom. The van der Waals surface area contributed by atoms with Gasteiger partial charge in [-0.3, -0.25) is 4.79 Å². The minimum Gasteiger partial charge on any atom is -0.458 e. The second kappa shape index (κ2) is 7.67. The fourth-order valence-electron chi connectivity index (χ4n) is 4.67. The maximum Gasteiger partial charge on any atom is 0.309 e. The van der Waals surface area contributed by atoms with Crippen LogP contribution in [-0.2, 0) is 19.0 Å². The average Bonchev–Trinajstić information content (AvgIpc) is 3.07. The van der Waals surface area contributed by atoms with E-state index in [4.69, 9.17) is 14.2 Å². The highest BCUT2D eigenvalue weighted by Gasteiger charge is 2.47. The van der Waals surface area contributed by atoms with Crippen molar-refractivity contribution in [3.63, 3.8) is 0 Å². The second-order valence-electron chi connectivity index (χ2n) is 8.73. The third-order valence-corrected chi connectivity index (χ3v) is 5.88. The molecule has 0 aromatic heterocycles. The van der Waals surface area contributed by atoms with Gasteiger partial charge in [-0.2, -0.15) is 0 Å². The van der Waals surface area contributed by atoms with Gasteiger partial charge in [-0.15, -0.1) is 0 Å². The predicted molar refractivity (Wildman–Crippen MR) is 105 cm³/mol. The van der Waals surface area contributed by atoms with Crippen molar-refractivity contribution < 1.29 is 28.5 Å². The summed E-state index contributed by atoms with van der Waals surface area (Å²) in [6.45, 7) is 5.38. The van der Waals surface area contributed by atoms with Gasteiger partial charge in [0.15, 0.2) is 5.79 Å². The van der Waals surface area contributed by atoms with Gasteiger partial charge in [-0.1, -0.05) is 32.1 Å². The Balaban J connectivity index is 1.73. The zero-order valence-electron chi connectivity index (χ0n) is 16.8. The predicted octanol–water partition coefficient (Wildman–Crippen LogP) is 3.77. The number of carbonyl (C=O) groups excluding carboxylic acids is 1. The van der Waals surface area contributed by atoms with Gasteiger partial charge in [0.1, 0.15) is 11.9 Å². The molecule has 2 aliphatic heterocycles. The van der Waals surface area contributed by atoms with E-state index in [0.29, 0.717) is 32.5 Å². The third kappa shape index (κ3) is 4.29. The normalized spacial score (nSPS) is 28.9. The Labute approximate surface area is 170 Å². The number of ether oxygens (including phenoxy) is 3. The minimum absolute atomic E-state index is 0.0383. The van der Waals surface area contributed by atoms with Crippen LogP contribution < -0.4 is 0 Å². The number of aliphatic hydroxyl groups excluding tert-OH is 1. The van der Waals surface area contributed by atoms with E-state index in [-0.39, 0.29) is 23.6 Å². The van der Waals surface area contributed by atoms with E-state index >= 15 is 0 Å². The first-order valence-electron chi connectivity index (χ1n) is 10.1. The Hall–Kier alpha value is -2.02. The molecule has 156 valence electrons. The monoisotopic (exact) mass is 402 g/mol. The van der Waals surface area contributed by atoms with E-state index in [1.54, 1.807) is 12.1 Å². The summed E-state index contributed by atoms with van der Waals surface area (Å²) in [6.07, 6.45) is 4.37. The topological polar surface area (TPSA) is 65.0 Å². The fourth-order valence-corrected chi connectivity index (χ4v) is 4.67.